The Bertz CT molecular complexity index is 259. The van der Waals surface area contributed by atoms with Gasteiger partial charge in [-0.2, -0.15) is 0 Å². The molecule has 15 heavy (non-hydrogen) atoms. The van der Waals surface area contributed by atoms with Crippen LogP contribution in [0.2, 0.25) is 0 Å². The molecule has 1 fully saturated rings. The molecule has 0 amide bonds. The van der Waals surface area contributed by atoms with E-state index in [0.29, 0.717) is 5.41 Å². The van der Waals surface area contributed by atoms with E-state index >= 15 is 0 Å². The first kappa shape index (κ1) is 11.2. The summed E-state index contributed by atoms with van der Waals surface area (Å²) >= 11 is 0. The second-order valence-corrected chi connectivity index (χ2v) is 6.54. The van der Waals surface area contributed by atoms with Gasteiger partial charge in [0, 0.05) is 0 Å². The Morgan fingerprint density at radius 2 is 1.93 bits per heavy atom. The van der Waals surface area contributed by atoms with Crippen molar-refractivity contribution in [3.63, 3.8) is 0 Å². The van der Waals surface area contributed by atoms with E-state index in [1.165, 1.54) is 32.1 Å². The largest absolute Gasteiger partial charge is 0.0817 e. The molecule has 0 aromatic carbocycles. The van der Waals surface area contributed by atoms with E-state index in [0.717, 1.165) is 17.8 Å². The highest BCUT2D eigenvalue weighted by atomic mass is 14.6. The summed E-state index contributed by atoms with van der Waals surface area (Å²) in [7, 11) is 0. The number of hydrogen-bond donors (Lipinski definition) is 0. The van der Waals surface area contributed by atoms with Crippen LogP contribution >= 0.6 is 0 Å². The fourth-order valence-electron chi connectivity index (χ4n) is 3.40. The third kappa shape index (κ3) is 2.29. The zero-order chi connectivity index (χ0) is 11.1. The number of rotatable bonds is 0. The molecule has 0 spiro atoms. The van der Waals surface area contributed by atoms with Crippen molar-refractivity contribution < 1.29 is 0 Å². The first-order valence-corrected chi connectivity index (χ1v) is 6.69. The minimum absolute atomic E-state index is 0.602. The molecule has 2 aliphatic carbocycles. The maximum Gasteiger partial charge on any atom is -0.0143 e. The monoisotopic (exact) mass is 206 g/mol. The summed E-state index contributed by atoms with van der Waals surface area (Å²) in [5.74, 6) is 2.82. The fraction of sp³-hybridized carbons (Fsp3) is 0.867. The highest BCUT2D eigenvalue weighted by Gasteiger charge is 2.55. The molecule has 0 heteroatoms. The van der Waals surface area contributed by atoms with Crippen LogP contribution in [0.1, 0.15) is 59.8 Å². The van der Waals surface area contributed by atoms with Crippen molar-refractivity contribution >= 4 is 0 Å². The Hall–Kier alpha value is -0.260. The lowest BCUT2D eigenvalue weighted by Gasteiger charge is -2.12. The smallest absolute Gasteiger partial charge is 0.0143 e. The Balaban J connectivity index is 2.07. The Morgan fingerprint density at radius 1 is 1.20 bits per heavy atom. The van der Waals surface area contributed by atoms with Crippen molar-refractivity contribution in [2.75, 3.05) is 0 Å². The topological polar surface area (TPSA) is 0 Å². The molecule has 0 bridgehead atoms. The maximum atomic E-state index is 2.58. The Labute approximate surface area is 95.1 Å². The van der Waals surface area contributed by atoms with Crippen molar-refractivity contribution in [1.29, 1.82) is 0 Å². The van der Waals surface area contributed by atoms with Crippen molar-refractivity contribution in [3.8, 4) is 0 Å². The van der Waals surface area contributed by atoms with Crippen LogP contribution in [0.15, 0.2) is 11.6 Å². The van der Waals surface area contributed by atoms with Gasteiger partial charge >= 0.3 is 0 Å². The Morgan fingerprint density at radius 3 is 2.67 bits per heavy atom. The van der Waals surface area contributed by atoms with E-state index in [1.54, 1.807) is 5.57 Å². The van der Waals surface area contributed by atoms with Crippen molar-refractivity contribution in [2.45, 2.75) is 59.8 Å². The van der Waals surface area contributed by atoms with Gasteiger partial charge in [-0.15, -0.1) is 0 Å². The molecule has 0 aromatic heterocycles. The van der Waals surface area contributed by atoms with Gasteiger partial charge in [0.05, 0.1) is 0 Å². The number of hydrogen-bond acceptors (Lipinski definition) is 0. The predicted octanol–water partition coefficient (Wildman–Crippen LogP) is 4.81. The normalized spacial score (nSPS) is 40.3. The first-order valence-electron chi connectivity index (χ1n) is 6.69. The molecular formula is C15H26. The molecular weight excluding hydrogens is 180 g/mol. The van der Waals surface area contributed by atoms with E-state index < -0.39 is 0 Å². The number of allylic oxidation sites excluding steroid dienone is 2. The third-order valence-electron chi connectivity index (χ3n) is 4.84. The molecule has 0 aromatic rings. The van der Waals surface area contributed by atoms with Gasteiger partial charge in [0.2, 0.25) is 0 Å². The quantitative estimate of drug-likeness (QED) is 0.499. The van der Waals surface area contributed by atoms with Gasteiger partial charge in [-0.1, -0.05) is 45.3 Å². The molecule has 86 valence electrons. The van der Waals surface area contributed by atoms with Gasteiger partial charge in [-0.25, -0.2) is 0 Å². The van der Waals surface area contributed by atoms with Crippen LogP contribution in [0.4, 0.5) is 0 Å². The van der Waals surface area contributed by atoms with Crippen LogP contribution in [-0.2, 0) is 0 Å². The van der Waals surface area contributed by atoms with Gasteiger partial charge < -0.3 is 0 Å². The zero-order valence-electron chi connectivity index (χ0n) is 10.8. The maximum absolute atomic E-state index is 2.58. The minimum Gasteiger partial charge on any atom is -0.0817 e. The van der Waals surface area contributed by atoms with Crippen LogP contribution in [0.5, 0.6) is 0 Å². The van der Waals surface area contributed by atoms with E-state index in [2.05, 4.69) is 33.8 Å². The first-order chi connectivity index (χ1) is 7.01. The molecule has 0 N–H and O–H groups in total. The summed E-state index contributed by atoms with van der Waals surface area (Å²) in [6.07, 6.45) is 9.68. The van der Waals surface area contributed by atoms with Crippen LogP contribution in [0, 0.1) is 23.2 Å². The lowest BCUT2D eigenvalue weighted by atomic mass is 9.93. The zero-order valence-corrected chi connectivity index (χ0v) is 10.8. The molecule has 0 radical (unpaired) electrons. The average Bonchev–Trinajstić information content (AvgIpc) is 2.65. The summed E-state index contributed by atoms with van der Waals surface area (Å²) in [5.41, 5.74) is 2.25. The molecule has 2 aliphatic rings. The predicted molar refractivity (Wildman–Crippen MR) is 66.8 cm³/mol. The Kier molecular flexibility index (Phi) is 2.96. The lowest BCUT2D eigenvalue weighted by molar-refractivity contribution is 0.419. The third-order valence-corrected chi connectivity index (χ3v) is 4.84. The summed E-state index contributed by atoms with van der Waals surface area (Å²) < 4.78 is 0. The van der Waals surface area contributed by atoms with Crippen LogP contribution in [0.25, 0.3) is 0 Å². The van der Waals surface area contributed by atoms with E-state index in [4.69, 9.17) is 0 Å². The van der Waals surface area contributed by atoms with Gasteiger partial charge in [0.1, 0.15) is 0 Å². The van der Waals surface area contributed by atoms with Crippen LogP contribution < -0.4 is 0 Å². The highest BCUT2D eigenvalue weighted by Crippen LogP contribution is 2.61. The second kappa shape index (κ2) is 3.96. The van der Waals surface area contributed by atoms with Gasteiger partial charge in [0.25, 0.3) is 0 Å². The van der Waals surface area contributed by atoms with E-state index in [1.807, 2.05) is 0 Å². The summed E-state index contributed by atoms with van der Waals surface area (Å²) in [6, 6.07) is 0. The molecule has 0 saturated heterocycles. The fourth-order valence-corrected chi connectivity index (χ4v) is 3.40. The highest BCUT2D eigenvalue weighted by molar-refractivity contribution is 5.18. The van der Waals surface area contributed by atoms with Crippen molar-refractivity contribution in [2.24, 2.45) is 23.2 Å². The van der Waals surface area contributed by atoms with E-state index in [9.17, 15) is 0 Å². The number of fused-ring (bicyclic) bond motifs is 1. The summed E-state index contributed by atoms with van der Waals surface area (Å²) in [6.45, 7) is 9.67. The van der Waals surface area contributed by atoms with Crippen molar-refractivity contribution in [3.05, 3.63) is 11.6 Å². The minimum atomic E-state index is 0.602. The molecule has 3 atom stereocenters. The summed E-state index contributed by atoms with van der Waals surface area (Å²) in [5, 5.41) is 0. The lowest BCUT2D eigenvalue weighted by Crippen LogP contribution is -1.98. The molecule has 3 unspecified atom stereocenters. The SMILES string of the molecule is CC1=CC2C(CCC(C)CCC1)C2(C)C. The second-order valence-electron chi connectivity index (χ2n) is 6.54. The van der Waals surface area contributed by atoms with Crippen LogP contribution in [0.3, 0.4) is 0 Å². The molecule has 1 saturated carbocycles. The molecule has 0 aliphatic heterocycles. The average molecular weight is 206 g/mol. The molecule has 2 rings (SSSR count). The molecule has 0 nitrogen and oxygen atoms in total. The van der Waals surface area contributed by atoms with Gasteiger partial charge in [-0.05, 0) is 49.4 Å². The molecule has 0 heterocycles. The van der Waals surface area contributed by atoms with Crippen LogP contribution in [-0.4, -0.2) is 0 Å². The van der Waals surface area contributed by atoms with Crippen molar-refractivity contribution in [1.82, 2.24) is 0 Å². The van der Waals surface area contributed by atoms with Gasteiger partial charge in [0.15, 0.2) is 0 Å². The summed E-state index contributed by atoms with van der Waals surface area (Å²) in [4.78, 5) is 0. The van der Waals surface area contributed by atoms with Gasteiger partial charge in [-0.3, -0.25) is 0 Å². The standard InChI is InChI=1S/C15H26/c1-11-6-5-7-12(2)10-14-13(9-8-11)15(14,3)4/h10-11,13-14H,5-9H2,1-4H3. The van der Waals surface area contributed by atoms with E-state index in [-0.39, 0.29) is 0 Å².